The van der Waals surface area contributed by atoms with Crippen LogP contribution in [0.15, 0.2) is 0 Å². The van der Waals surface area contributed by atoms with E-state index in [1.807, 2.05) is 0 Å². The van der Waals surface area contributed by atoms with Crippen LogP contribution in [0, 0.1) is 17.8 Å². The smallest absolute Gasteiger partial charge is 0.162 e. The lowest BCUT2D eigenvalue weighted by molar-refractivity contribution is -0.916. The van der Waals surface area contributed by atoms with Crippen LogP contribution in [-0.2, 0) is 20.0 Å². The van der Waals surface area contributed by atoms with E-state index in [9.17, 15) is 4.21 Å². The molecule has 5 aliphatic rings. The first-order valence-corrected chi connectivity index (χ1v) is 10.1. The topological polar surface area (TPSA) is 35.5 Å². The average molecular weight is 328 g/mol. The van der Waals surface area contributed by atoms with Crippen molar-refractivity contribution in [3.8, 4) is 0 Å². The Bertz CT molecular complexity index is 412. The van der Waals surface area contributed by atoms with Gasteiger partial charge in [0.25, 0.3) is 0 Å². The van der Waals surface area contributed by atoms with Crippen LogP contribution in [0.2, 0.25) is 0 Å². The summed E-state index contributed by atoms with van der Waals surface area (Å²) in [7, 11) is 2.26. The molecular weight excluding hydrogens is 298 g/mol. The molecule has 0 spiro atoms. The van der Waals surface area contributed by atoms with Crippen molar-refractivity contribution in [2.45, 2.75) is 43.3 Å². The van der Waals surface area contributed by atoms with E-state index in [0.29, 0.717) is 6.61 Å². The molecule has 1 aliphatic heterocycles. The molecule has 0 amide bonds. The monoisotopic (exact) mass is 328 g/mol. The molecule has 5 fully saturated rings. The largest absolute Gasteiger partial charge is 0.370 e. The zero-order chi connectivity index (χ0) is 15.2. The first kappa shape index (κ1) is 15.6. The number of quaternary nitrogens is 1. The number of nitrogens with zero attached hydrogens (tertiary/aromatic N) is 1. The molecule has 0 N–H and O–H groups in total. The van der Waals surface area contributed by atoms with E-state index in [2.05, 4.69) is 7.05 Å². The van der Waals surface area contributed by atoms with Crippen LogP contribution in [0.1, 0.15) is 38.5 Å². The minimum atomic E-state index is -1.09. The molecule has 4 aliphatic carbocycles. The quantitative estimate of drug-likeness (QED) is 0.725. The zero-order valence-corrected chi connectivity index (χ0v) is 14.6. The third-order valence-electron chi connectivity index (χ3n) is 6.71. The summed E-state index contributed by atoms with van der Waals surface area (Å²) in [5, 5.41) is 0. The summed E-state index contributed by atoms with van der Waals surface area (Å²) in [6.45, 7) is 5.37. The van der Waals surface area contributed by atoms with Gasteiger partial charge >= 0.3 is 0 Å². The molecule has 22 heavy (non-hydrogen) atoms. The molecule has 5 heteroatoms. The Morgan fingerprint density at radius 2 is 1.64 bits per heavy atom. The van der Waals surface area contributed by atoms with Gasteiger partial charge in [-0.2, -0.15) is 0 Å². The minimum Gasteiger partial charge on any atom is -0.370 e. The lowest BCUT2D eigenvalue weighted by Gasteiger charge is -2.55. The molecule has 1 saturated heterocycles. The van der Waals surface area contributed by atoms with Gasteiger partial charge in [-0.3, -0.25) is 4.18 Å². The first-order chi connectivity index (χ1) is 10.6. The van der Waals surface area contributed by atoms with Crippen molar-refractivity contribution >= 4 is 11.1 Å². The standard InChI is InChI=1S/C17H30NO3S/c1-18(2-5-20-6-3-18)4-7-21-22(19)17-11-14-8-15(12-17)10-16(9-14)13-17/h14-16H,2-13H2,1H3/q+1/t14?,15?,16?,17?,22-/m0/s1. The average Bonchev–Trinajstić information content (AvgIpc) is 2.46. The van der Waals surface area contributed by atoms with Crippen LogP contribution in [0.4, 0.5) is 0 Å². The van der Waals surface area contributed by atoms with E-state index in [0.717, 1.165) is 74.3 Å². The maximum Gasteiger partial charge on any atom is 0.162 e. The van der Waals surface area contributed by atoms with Crippen LogP contribution in [0.25, 0.3) is 0 Å². The van der Waals surface area contributed by atoms with Crippen LogP contribution in [0.5, 0.6) is 0 Å². The third kappa shape index (κ3) is 2.90. The molecule has 126 valence electrons. The van der Waals surface area contributed by atoms with Gasteiger partial charge in [0.15, 0.2) is 11.1 Å². The number of hydrogen-bond donors (Lipinski definition) is 0. The van der Waals surface area contributed by atoms with E-state index in [4.69, 9.17) is 8.92 Å². The fraction of sp³-hybridized carbons (Fsp3) is 1.00. The molecule has 0 aromatic rings. The zero-order valence-electron chi connectivity index (χ0n) is 13.8. The van der Waals surface area contributed by atoms with Crippen molar-refractivity contribution in [3.05, 3.63) is 0 Å². The van der Waals surface area contributed by atoms with Crippen molar-refractivity contribution < 1.29 is 17.6 Å². The van der Waals surface area contributed by atoms with Gasteiger partial charge in [-0.1, -0.05) is 0 Å². The molecular formula is C17H30NO3S+. The molecule has 0 aromatic carbocycles. The van der Waals surface area contributed by atoms with Crippen molar-refractivity contribution in [2.24, 2.45) is 17.8 Å². The Morgan fingerprint density at radius 3 is 2.18 bits per heavy atom. The first-order valence-electron chi connectivity index (χ1n) is 9.03. The Balaban J connectivity index is 1.32. The van der Waals surface area contributed by atoms with Gasteiger partial charge in [0, 0.05) is 0 Å². The van der Waals surface area contributed by atoms with Crippen molar-refractivity contribution in [1.82, 2.24) is 0 Å². The van der Waals surface area contributed by atoms with Gasteiger partial charge in [-0.15, -0.1) is 0 Å². The second kappa shape index (κ2) is 5.83. The number of likely N-dealkylation sites (N-methyl/N-ethyl adjacent to an activating group) is 1. The van der Waals surface area contributed by atoms with Crippen molar-refractivity contribution in [3.63, 3.8) is 0 Å². The minimum absolute atomic E-state index is 0.0122. The molecule has 4 nitrogen and oxygen atoms in total. The fourth-order valence-electron chi connectivity index (χ4n) is 5.70. The van der Waals surface area contributed by atoms with Crippen molar-refractivity contribution in [1.29, 1.82) is 0 Å². The molecule has 0 radical (unpaired) electrons. The lowest BCUT2D eigenvalue weighted by Crippen LogP contribution is -2.55. The van der Waals surface area contributed by atoms with Crippen LogP contribution >= 0.6 is 0 Å². The highest BCUT2D eigenvalue weighted by molar-refractivity contribution is 7.81. The highest BCUT2D eigenvalue weighted by Crippen LogP contribution is 2.58. The van der Waals surface area contributed by atoms with E-state index < -0.39 is 11.1 Å². The summed E-state index contributed by atoms with van der Waals surface area (Å²) in [5.41, 5.74) is 0. The fourth-order valence-corrected chi connectivity index (χ4v) is 7.29. The Kier molecular flexibility index (Phi) is 4.12. The molecule has 4 bridgehead atoms. The third-order valence-corrected chi connectivity index (χ3v) is 8.30. The van der Waals surface area contributed by atoms with E-state index >= 15 is 0 Å². The lowest BCUT2D eigenvalue weighted by atomic mass is 9.56. The Labute approximate surface area is 136 Å². The SMILES string of the molecule is C[N+]1(CCO[S@](=O)C23CC4CC(CC(C4)C2)C3)CCOCC1. The molecule has 1 heterocycles. The van der Waals surface area contributed by atoms with Crippen LogP contribution < -0.4 is 0 Å². The number of rotatable bonds is 5. The summed E-state index contributed by atoms with van der Waals surface area (Å²) in [5.74, 6) is 2.51. The van der Waals surface area contributed by atoms with Gasteiger partial charge in [-0.05, 0) is 56.3 Å². The molecule has 0 unspecified atom stereocenters. The number of morpholine rings is 1. The summed E-state index contributed by atoms with van der Waals surface area (Å²) in [6, 6.07) is 0. The predicted molar refractivity (Wildman–Crippen MR) is 86.6 cm³/mol. The molecule has 1 atom stereocenters. The Morgan fingerprint density at radius 1 is 1.09 bits per heavy atom. The number of ether oxygens (including phenoxy) is 1. The van der Waals surface area contributed by atoms with E-state index in [1.54, 1.807) is 0 Å². The summed E-state index contributed by atoms with van der Waals surface area (Å²) in [4.78, 5) is 0. The maximum absolute atomic E-state index is 12.9. The summed E-state index contributed by atoms with van der Waals surface area (Å²) in [6.07, 6.45) is 7.66. The predicted octanol–water partition coefficient (Wildman–Crippen LogP) is 2.11. The van der Waals surface area contributed by atoms with E-state index in [-0.39, 0.29) is 4.75 Å². The maximum atomic E-state index is 12.9. The van der Waals surface area contributed by atoms with Gasteiger partial charge < -0.3 is 9.22 Å². The van der Waals surface area contributed by atoms with Crippen molar-refractivity contribution in [2.75, 3.05) is 46.5 Å². The van der Waals surface area contributed by atoms with Gasteiger partial charge in [0.1, 0.15) is 26.2 Å². The summed E-state index contributed by atoms with van der Waals surface area (Å²) < 4.78 is 25.3. The van der Waals surface area contributed by atoms with Gasteiger partial charge in [0.2, 0.25) is 0 Å². The number of hydrogen-bond acceptors (Lipinski definition) is 3. The van der Waals surface area contributed by atoms with Crippen LogP contribution in [0.3, 0.4) is 0 Å². The molecule has 5 rings (SSSR count). The Hall–Kier alpha value is 0.0300. The normalized spacial score (nSPS) is 44.1. The second-order valence-electron chi connectivity index (χ2n) is 8.56. The molecule has 4 saturated carbocycles. The summed E-state index contributed by atoms with van der Waals surface area (Å²) >= 11 is -1.09. The van der Waals surface area contributed by atoms with Gasteiger partial charge in [-0.25, -0.2) is 4.21 Å². The van der Waals surface area contributed by atoms with Gasteiger partial charge in [0.05, 0.1) is 25.0 Å². The highest BCUT2D eigenvalue weighted by Gasteiger charge is 2.54. The van der Waals surface area contributed by atoms with E-state index in [1.165, 1.54) is 19.3 Å². The molecule has 0 aromatic heterocycles. The second-order valence-corrected chi connectivity index (χ2v) is 10.1. The van der Waals surface area contributed by atoms with Crippen LogP contribution in [-0.4, -0.2) is 59.9 Å². The highest BCUT2D eigenvalue weighted by atomic mass is 32.2.